The molecule has 14 nitrogen and oxygen atoms in total. The van der Waals surface area contributed by atoms with Crippen LogP contribution in [0, 0.1) is 26.2 Å². The van der Waals surface area contributed by atoms with Crippen molar-refractivity contribution < 1.29 is 38.2 Å². The number of carbonyl (C=O) groups excluding carboxylic acids is 6. The van der Waals surface area contributed by atoms with E-state index in [9.17, 15) is 28.8 Å². The van der Waals surface area contributed by atoms with E-state index in [2.05, 4.69) is 30.9 Å². The zero-order valence-electron chi connectivity index (χ0n) is 26.7. The van der Waals surface area contributed by atoms with Crippen molar-refractivity contribution in [1.29, 1.82) is 0 Å². The fraction of sp³-hybridized carbons (Fsp3) is 0.273. The van der Waals surface area contributed by atoms with Crippen molar-refractivity contribution in [3.8, 4) is 0 Å². The summed E-state index contributed by atoms with van der Waals surface area (Å²) in [6, 6.07) is 14.2. The van der Waals surface area contributed by atoms with Crippen molar-refractivity contribution in [2.75, 3.05) is 29.2 Å². The zero-order chi connectivity index (χ0) is 35.1. The van der Waals surface area contributed by atoms with E-state index in [1.165, 1.54) is 25.5 Å². The minimum Gasteiger partial charge on any atom is -0.449 e. The molecule has 0 aromatic heterocycles. The average Bonchev–Trinajstić information content (AvgIpc) is 3.05. The lowest BCUT2D eigenvalue weighted by atomic mass is 9.61. The first kappa shape index (κ1) is 36.3. The van der Waals surface area contributed by atoms with Crippen LogP contribution in [0.3, 0.4) is 0 Å². The number of anilines is 3. The van der Waals surface area contributed by atoms with Crippen LogP contribution >= 0.6 is 0 Å². The summed E-state index contributed by atoms with van der Waals surface area (Å²) < 4.78 is 11.1. The van der Waals surface area contributed by atoms with Crippen molar-refractivity contribution in [1.82, 2.24) is 0 Å². The monoisotopic (exact) mass is 651 g/mol. The van der Waals surface area contributed by atoms with Crippen LogP contribution in [-0.2, 0) is 23.9 Å². The first-order valence-corrected chi connectivity index (χ1v) is 14.6. The molecule has 3 rings (SSSR count). The van der Waals surface area contributed by atoms with Gasteiger partial charge in [-0.3, -0.25) is 15.4 Å². The molecule has 245 valence electrons. The Balaban J connectivity index is 1.72. The second-order valence-corrected chi connectivity index (χ2v) is 10.8. The van der Waals surface area contributed by atoms with Gasteiger partial charge in [0, 0.05) is 22.5 Å². The first-order chi connectivity index (χ1) is 23.0. The Kier molecular flexibility index (Phi) is 13.3. The maximum absolute atomic E-state index is 12.9. The van der Waals surface area contributed by atoms with Crippen LogP contribution in [0.15, 0.2) is 69.6 Å². The lowest BCUT2D eigenvalue weighted by Crippen LogP contribution is -2.38. The highest BCUT2D eigenvalue weighted by molar-refractivity contribution is 6.75. The minimum absolute atomic E-state index is 0.0530. The topological polar surface area (TPSA) is 194 Å². The minimum atomic E-state index is -1.01. The average molecular weight is 651 g/mol. The fourth-order valence-corrected chi connectivity index (χ4v) is 4.48. The van der Waals surface area contributed by atoms with Gasteiger partial charge in [0.1, 0.15) is 13.2 Å². The van der Waals surface area contributed by atoms with Crippen LogP contribution in [0.25, 0.3) is 0 Å². The van der Waals surface area contributed by atoms with Crippen molar-refractivity contribution in [3.05, 3.63) is 71.3 Å². The Bertz CT molecular complexity index is 1620. The Morgan fingerprint density at radius 2 is 1.04 bits per heavy atom. The third-order valence-electron chi connectivity index (χ3n) is 7.34. The molecule has 0 heterocycles. The van der Waals surface area contributed by atoms with Crippen LogP contribution < -0.4 is 16.0 Å². The summed E-state index contributed by atoms with van der Waals surface area (Å²) in [6.07, 6.45) is 3.22. The number of ether oxygens (including phenoxy) is 2. The summed E-state index contributed by atoms with van der Waals surface area (Å²) in [5.74, 6) is -0.463. The number of rotatable bonds is 14. The van der Waals surface area contributed by atoms with Gasteiger partial charge in [-0.1, -0.05) is 13.2 Å². The highest BCUT2D eigenvalue weighted by atomic mass is 16.6. The molecule has 0 bridgehead atoms. The molecule has 0 unspecified atom stereocenters. The predicted molar refractivity (Wildman–Crippen MR) is 179 cm³/mol. The molecule has 3 aromatic carbocycles. The molecule has 0 atom stereocenters. The van der Waals surface area contributed by atoms with Crippen LogP contribution in [0.5, 0.6) is 0 Å². The number of hydrogen-bond donors (Lipinski definition) is 3. The lowest BCUT2D eigenvalue weighted by Gasteiger charge is -2.31. The molecule has 0 fully saturated rings. The van der Waals surface area contributed by atoms with E-state index < -0.39 is 23.4 Å². The molecule has 0 aliphatic rings. The molecule has 0 aliphatic carbocycles. The molecule has 3 aromatic rings. The summed E-state index contributed by atoms with van der Waals surface area (Å²) >= 11 is 0. The number of hydrogen-bond acceptors (Lipinski definition) is 11. The molecular formula is C33H32BN6O8. The summed E-state index contributed by atoms with van der Waals surface area (Å²) in [5, 5.41) is 7.96. The van der Waals surface area contributed by atoms with Gasteiger partial charge in [-0.25, -0.2) is 24.0 Å². The second kappa shape index (κ2) is 17.5. The molecule has 15 heteroatoms. The molecule has 0 saturated carbocycles. The van der Waals surface area contributed by atoms with Gasteiger partial charge in [-0.15, -0.1) is 0 Å². The number of isocyanates is 3. The number of nitrogens with zero attached hydrogens (tertiary/aromatic N) is 3. The standard InChI is InChI=1S/C33H32BN6O8/c1-5-33(15-34-30(44)38-24-6-9-27(35-18-41)21(2)12-24,16-47-31(45)39-25-7-10-28(36-19-42)22(3)13-25)17-48-32(46)40-26-8-11-29(37-20-43)23(4)14-26/h6-14H,5,15-17H2,1-4H3,(H,38,44)(H,39,45)(H,40,46). The highest BCUT2D eigenvalue weighted by Gasteiger charge is 2.33. The number of aryl methyl sites for hydroxylation is 3. The Hall–Kier alpha value is -6.13. The summed E-state index contributed by atoms with van der Waals surface area (Å²) in [5.41, 5.74) is 3.37. The van der Waals surface area contributed by atoms with Gasteiger partial charge in [-0.05, 0) is 98.5 Å². The predicted octanol–water partition coefficient (Wildman–Crippen LogP) is 7.06. The number of benzene rings is 3. The lowest BCUT2D eigenvalue weighted by molar-refractivity contribution is 0.0431. The molecule has 48 heavy (non-hydrogen) atoms. The van der Waals surface area contributed by atoms with Gasteiger partial charge < -0.3 is 14.8 Å². The van der Waals surface area contributed by atoms with Gasteiger partial charge in [0.05, 0.1) is 17.1 Å². The Morgan fingerprint density at radius 1 is 0.667 bits per heavy atom. The fourth-order valence-electron chi connectivity index (χ4n) is 4.48. The van der Waals surface area contributed by atoms with Gasteiger partial charge in [0.2, 0.25) is 25.5 Å². The van der Waals surface area contributed by atoms with E-state index in [1.807, 2.05) is 0 Å². The second-order valence-electron chi connectivity index (χ2n) is 10.8. The third-order valence-corrected chi connectivity index (χ3v) is 7.34. The van der Waals surface area contributed by atoms with Crippen molar-refractivity contribution in [2.45, 2.75) is 40.4 Å². The maximum Gasteiger partial charge on any atom is 0.411 e. The van der Waals surface area contributed by atoms with Crippen molar-refractivity contribution in [3.63, 3.8) is 0 Å². The van der Waals surface area contributed by atoms with Crippen LogP contribution in [0.4, 0.5) is 48.5 Å². The van der Waals surface area contributed by atoms with E-state index in [1.54, 1.807) is 82.3 Å². The smallest absolute Gasteiger partial charge is 0.411 e. The molecule has 3 N–H and O–H groups in total. The normalized spacial score (nSPS) is 11.2. The van der Waals surface area contributed by atoms with E-state index in [4.69, 9.17) is 9.47 Å². The Labute approximate surface area is 277 Å². The SMILES string of the molecule is CCC(C[B]C(=O)Nc1ccc(N=C=O)c(C)c1)(COC(=O)Nc1ccc(N=C=O)c(C)c1)COC(=O)Nc1ccc(N=C=O)c(C)c1. The van der Waals surface area contributed by atoms with E-state index in [-0.39, 0.29) is 19.5 Å². The van der Waals surface area contributed by atoms with E-state index in [0.717, 1.165) is 0 Å². The summed E-state index contributed by atoms with van der Waals surface area (Å²) in [6.45, 7) is 6.49. The first-order valence-electron chi connectivity index (χ1n) is 14.6. The molecule has 3 amide bonds. The highest BCUT2D eigenvalue weighted by Crippen LogP contribution is 2.30. The van der Waals surface area contributed by atoms with Gasteiger partial charge >= 0.3 is 12.2 Å². The van der Waals surface area contributed by atoms with E-state index >= 15 is 0 Å². The zero-order valence-corrected chi connectivity index (χ0v) is 26.7. The van der Waals surface area contributed by atoms with Crippen LogP contribution in [-0.4, -0.2) is 56.7 Å². The molecule has 0 aliphatic heterocycles. The van der Waals surface area contributed by atoms with E-state index in [0.29, 0.717) is 57.2 Å². The van der Waals surface area contributed by atoms with Gasteiger partial charge in [0.15, 0.2) is 5.81 Å². The molecule has 1 radical (unpaired) electrons. The quantitative estimate of drug-likeness (QED) is 0.0936. The summed E-state index contributed by atoms with van der Waals surface area (Å²) in [4.78, 5) is 81.0. The van der Waals surface area contributed by atoms with Gasteiger partial charge in [0.25, 0.3) is 0 Å². The third kappa shape index (κ3) is 10.7. The Morgan fingerprint density at radius 3 is 1.38 bits per heavy atom. The number of amides is 3. The largest absolute Gasteiger partial charge is 0.449 e. The maximum atomic E-state index is 12.9. The van der Waals surface area contributed by atoms with Crippen LogP contribution in [0.2, 0.25) is 6.32 Å². The molecule has 0 saturated heterocycles. The van der Waals surface area contributed by atoms with Crippen molar-refractivity contribution >= 4 is 77.6 Å². The molecule has 0 spiro atoms. The number of carbonyl (C=O) groups is 3. The number of nitrogens with one attached hydrogen (secondary N) is 3. The van der Waals surface area contributed by atoms with Crippen LogP contribution in [0.1, 0.15) is 30.0 Å². The molecular weight excluding hydrogens is 619 g/mol. The summed E-state index contributed by atoms with van der Waals surface area (Å²) in [7, 11) is 1.37. The number of aliphatic imine (C=N–C) groups is 3. The van der Waals surface area contributed by atoms with Crippen molar-refractivity contribution in [2.24, 2.45) is 20.4 Å². The van der Waals surface area contributed by atoms with Gasteiger partial charge in [-0.2, -0.15) is 15.0 Å².